The molecule has 0 fully saturated rings. The lowest BCUT2D eigenvalue weighted by atomic mass is 10.1. The maximum atomic E-state index is 13.2. The van der Waals surface area contributed by atoms with E-state index in [1.54, 1.807) is 23.0 Å². The van der Waals surface area contributed by atoms with Gasteiger partial charge in [-0.05, 0) is 60.7 Å². The van der Waals surface area contributed by atoms with Crippen molar-refractivity contribution in [2.45, 2.75) is 4.90 Å². The zero-order valence-electron chi connectivity index (χ0n) is 17.6. The van der Waals surface area contributed by atoms with Crippen LogP contribution in [0.25, 0.3) is 23.0 Å². The molecule has 0 unspecified atom stereocenters. The Morgan fingerprint density at radius 1 is 1.03 bits per heavy atom. The van der Waals surface area contributed by atoms with Gasteiger partial charge >= 0.3 is 0 Å². The van der Waals surface area contributed by atoms with Crippen LogP contribution in [0.3, 0.4) is 0 Å². The molecule has 3 aromatic carbocycles. The van der Waals surface area contributed by atoms with Gasteiger partial charge in [-0.25, -0.2) is 13.1 Å². The van der Waals surface area contributed by atoms with Crippen LogP contribution in [0, 0.1) is 11.3 Å². The molecule has 1 aliphatic rings. The fraction of sp³-hybridized carbons (Fsp3) is 0.0400. The van der Waals surface area contributed by atoms with Crippen molar-refractivity contribution >= 4 is 27.5 Å². The molecule has 0 spiro atoms. The second-order valence-corrected chi connectivity index (χ2v) is 9.71. The Hall–Kier alpha value is -4.06. The van der Waals surface area contributed by atoms with Crippen molar-refractivity contribution in [3.05, 3.63) is 94.5 Å². The molecule has 7 nitrogen and oxygen atoms in total. The van der Waals surface area contributed by atoms with E-state index >= 15 is 0 Å². The summed E-state index contributed by atoms with van der Waals surface area (Å²) >= 11 is 5.89. The molecule has 1 aliphatic heterocycles. The van der Waals surface area contributed by atoms with Gasteiger partial charge in [0.1, 0.15) is 16.7 Å². The molecule has 0 atom stereocenters. The van der Waals surface area contributed by atoms with E-state index in [4.69, 9.17) is 21.1 Å². The highest BCUT2D eigenvalue weighted by molar-refractivity contribution is 7.95. The molecule has 4 aromatic rings. The minimum Gasteiger partial charge on any atom is -0.454 e. The molecule has 1 aromatic heterocycles. The Morgan fingerprint density at radius 3 is 2.50 bits per heavy atom. The lowest BCUT2D eigenvalue weighted by Crippen LogP contribution is -2.03. The molecular formula is C25H16ClN3O4S. The second-order valence-electron chi connectivity index (χ2n) is 7.36. The normalized spacial score (nSPS) is 13.0. The highest BCUT2D eigenvalue weighted by atomic mass is 35.5. The number of para-hydroxylation sites is 1. The number of aromatic nitrogens is 2. The standard InChI is InChI=1S/C25H16ClN3O4S/c26-19-7-9-21(10-8-19)34(30,31)22(14-27)12-18-15-29(20-4-2-1-3-5-20)28-25(18)17-6-11-23-24(13-17)33-16-32-23/h1-13,15H,16H2/b22-12+. The van der Waals surface area contributed by atoms with Crippen LogP contribution >= 0.6 is 11.6 Å². The van der Waals surface area contributed by atoms with Gasteiger partial charge in [-0.3, -0.25) is 0 Å². The van der Waals surface area contributed by atoms with Crippen molar-refractivity contribution in [2.24, 2.45) is 0 Å². The van der Waals surface area contributed by atoms with Crippen LogP contribution in [0.4, 0.5) is 0 Å². The monoisotopic (exact) mass is 489 g/mol. The number of fused-ring (bicyclic) bond motifs is 1. The van der Waals surface area contributed by atoms with Gasteiger partial charge in [0.05, 0.1) is 10.6 Å². The van der Waals surface area contributed by atoms with E-state index in [-0.39, 0.29) is 11.7 Å². The van der Waals surface area contributed by atoms with E-state index in [1.165, 1.54) is 30.3 Å². The van der Waals surface area contributed by atoms with E-state index in [0.29, 0.717) is 33.3 Å². The Kier molecular flexibility index (Phi) is 5.57. The highest BCUT2D eigenvalue weighted by Crippen LogP contribution is 2.37. The first-order valence-corrected chi connectivity index (χ1v) is 12.0. The third-order valence-corrected chi connectivity index (χ3v) is 7.15. The van der Waals surface area contributed by atoms with Crippen LogP contribution in [0.15, 0.2) is 88.8 Å². The average Bonchev–Trinajstić information content (AvgIpc) is 3.50. The Labute approximate surface area is 201 Å². The number of rotatable bonds is 5. The van der Waals surface area contributed by atoms with Crippen molar-refractivity contribution in [2.75, 3.05) is 6.79 Å². The summed E-state index contributed by atoms with van der Waals surface area (Å²) in [6, 6.07) is 22.2. The number of halogens is 1. The first kappa shape index (κ1) is 21.8. The van der Waals surface area contributed by atoms with Crippen LogP contribution in [0.2, 0.25) is 5.02 Å². The number of sulfone groups is 1. The van der Waals surface area contributed by atoms with Crippen LogP contribution in [0.5, 0.6) is 11.5 Å². The summed E-state index contributed by atoms with van der Waals surface area (Å²) in [6.45, 7) is 0.127. The number of nitrogens with zero attached hydrogens (tertiary/aromatic N) is 3. The maximum absolute atomic E-state index is 13.2. The zero-order valence-corrected chi connectivity index (χ0v) is 19.1. The smallest absolute Gasteiger partial charge is 0.231 e. The minimum atomic E-state index is -4.07. The molecule has 34 heavy (non-hydrogen) atoms. The van der Waals surface area contributed by atoms with Crippen LogP contribution in [-0.2, 0) is 9.84 Å². The number of allylic oxidation sites excluding steroid dienone is 1. The summed E-state index contributed by atoms with van der Waals surface area (Å²) in [5, 5.41) is 14.8. The summed E-state index contributed by atoms with van der Waals surface area (Å²) in [5.74, 6) is 1.18. The highest BCUT2D eigenvalue weighted by Gasteiger charge is 2.23. The van der Waals surface area contributed by atoms with E-state index < -0.39 is 14.7 Å². The van der Waals surface area contributed by atoms with E-state index in [2.05, 4.69) is 5.10 Å². The van der Waals surface area contributed by atoms with Crippen molar-refractivity contribution in [1.82, 2.24) is 9.78 Å². The van der Waals surface area contributed by atoms with Crippen molar-refractivity contribution in [1.29, 1.82) is 5.26 Å². The van der Waals surface area contributed by atoms with Gasteiger partial charge in [-0.2, -0.15) is 10.4 Å². The number of hydrogen-bond donors (Lipinski definition) is 0. The van der Waals surface area contributed by atoms with E-state index in [9.17, 15) is 13.7 Å². The van der Waals surface area contributed by atoms with Gasteiger partial charge in [0.15, 0.2) is 11.5 Å². The summed E-state index contributed by atoms with van der Waals surface area (Å²) < 4.78 is 38.8. The van der Waals surface area contributed by atoms with Gasteiger partial charge in [-0.1, -0.05) is 29.8 Å². The van der Waals surface area contributed by atoms with Gasteiger partial charge in [-0.15, -0.1) is 0 Å². The van der Waals surface area contributed by atoms with Crippen molar-refractivity contribution < 1.29 is 17.9 Å². The summed E-state index contributed by atoms with van der Waals surface area (Å²) in [6.07, 6.45) is 3.01. The Bertz CT molecular complexity index is 1550. The predicted molar refractivity (Wildman–Crippen MR) is 127 cm³/mol. The second kappa shape index (κ2) is 8.71. The first-order chi connectivity index (χ1) is 16.5. The largest absolute Gasteiger partial charge is 0.454 e. The van der Waals surface area contributed by atoms with Crippen molar-refractivity contribution in [3.63, 3.8) is 0 Å². The molecule has 0 amide bonds. The molecule has 0 aliphatic carbocycles. The van der Waals surface area contributed by atoms with Crippen LogP contribution < -0.4 is 9.47 Å². The number of benzene rings is 3. The molecule has 0 N–H and O–H groups in total. The van der Waals surface area contributed by atoms with Gasteiger partial charge in [0.2, 0.25) is 16.6 Å². The summed E-state index contributed by atoms with van der Waals surface area (Å²) in [5.41, 5.74) is 2.41. The third-order valence-electron chi connectivity index (χ3n) is 5.22. The van der Waals surface area contributed by atoms with Crippen LogP contribution in [-0.4, -0.2) is 25.0 Å². The lowest BCUT2D eigenvalue weighted by molar-refractivity contribution is 0.174. The minimum absolute atomic E-state index is 0.0234. The Balaban J connectivity index is 1.66. The lowest BCUT2D eigenvalue weighted by Gasteiger charge is -2.04. The number of nitriles is 1. The van der Waals surface area contributed by atoms with Gasteiger partial charge < -0.3 is 9.47 Å². The molecule has 9 heteroatoms. The van der Waals surface area contributed by atoms with Gasteiger partial charge in [0.25, 0.3) is 0 Å². The molecule has 2 heterocycles. The Morgan fingerprint density at radius 2 is 1.76 bits per heavy atom. The van der Waals surface area contributed by atoms with Crippen LogP contribution in [0.1, 0.15) is 5.56 Å². The first-order valence-electron chi connectivity index (χ1n) is 10.1. The SMILES string of the molecule is N#C/C(=C\c1cn(-c2ccccc2)nc1-c1ccc2c(c1)OCO2)S(=O)(=O)c1ccc(Cl)cc1. The fourth-order valence-electron chi connectivity index (χ4n) is 3.53. The molecule has 0 radical (unpaired) electrons. The van der Waals surface area contributed by atoms with E-state index in [1.807, 2.05) is 42.5 Å². The number of ether oxygens (including phenoxy) is 2. The van der Waals surface area contributed by atoms with Gasteiger partial charge in [0, 0.05) is 22.3 Å². The van der Waals surface area contributed by atoms with Crippen molar-refractivity contribution in [3.8, 4) is 34.5 Å². The molecule has 168 valence electrons. The third kappa shape index (κ3) is 4.03. The zero-order chi connectivity index (χ0) is 23.7. The van der Waals surface area contributed by atoms with E-state index in [0.717, 1.165) is 5.69 Å². The summed E-state index contributed by atoms with van der Waals surface area (Å²) in [4.78, 5) is -0.436. The average molecular weight is 490 g/mol. The predicted octanol–water partition coefficient (Wildman–Crippen LogP) is 5.26. The molecule has 5 rings (SSSR count). The number of hydrogen-bond acceptors (Lipinski definition) is 6. The quantitative estimate of drug-likeness (QED) is 0.355. The molecule has 0 saturated carbocycles. The fourth-order valence-corrected chi connectivity index (χ4v) is 4.80. The molecule has 0 bridgehead atoms. The summed E-state index contributed by atoms with van der Waals surface area (Å²) in [7, 11) is -4.07. The molecular weight excluding hydrogens is 474 g/mol. The maximum Gasteiger partial charge on any atom is 0.231 e. The topological polar surface area (TPSA) is 94.2 Å². The molecule has 0 saturated heterocycles.